The number of hydrogen-bond acceptors (Lipinski definition) is 4. The van der Waals surface area contributed by atoms with Gasteiger partial charge in [-0.3, -0.25) is 9.69 Å². The summed E-state index contributed by atoms with van der Waals surface area (Å²) in [4.78, 5) is 13.1. The minimum atomic E-state index is -0.328. The van der Waals surface area contributed by atoms with E-state index in [1.807, 2.05) is 4.90 Å². The molecular weight excluding hydrogens is 206 g/mol. The Morgan fingerprint density at radius 3 is 2.79 bits per heavy atom. The molecular formula is C8H16ClN3O2. The van der Waals surface area contributed by atoms with Crippen LogP contribution in [0.4, 0.5) is 0 Å². The van der Waals surface area contributed by atoms with E-state index in [-0.39, 0.29) is 30.5 Å². The Labute approximate surface area is 89.3 Å². The van der Waals surface area contributed by atoms with Gasteiger partial charge in [-0.05, 0) is 0 Å². The third-order valence-electron chi connectivity index (χ3n) is 2.69. The number of β-amino-alcohol motifs (C(OH)–C–C–N with tert-alkyl or cyclic N) is 1. The predicted molar refractivity (Wildman–Crippen MR) is 54.5 cm³/mol. The number of halogens is 1. The number of carbonyl (C=O) groups excluding carboxylic acids is 1. The van der Waals surface area contributed by atoms with Crippen LogP contribution < -0.4 is 10.6 Å². The number of aliphatic hydroxyl groups is 1. The fourth-order valence-electron chi connectivity index (χ4n) is 1.97. The molecule has 0 aromatic heterocycles. The van der Waals surface area contributed by atoms with Gasteiger partial charge in [0.15, 0.2) is 0 Å². The van der Waals surface area contributed by atoms with Gasteiger partial charge in [-0.25, -0.2) is 0 Å². The van der Waals surface area contributed by atoms with Crippen LogP contribution >= 0.6 is 12.4 Å². The van der Waals surface area contributed by atoms with Gasteiger partial charge >= 0.3 is 0 Å². The van der Waals surface area contributed by atoms with Crippen molar-refractivity contribution in [1.29, 1.82) is 0 Å². The van der Waals surface area contributed by atoms with Gasteiger partial charge in [0.05, 0.1) is 12.6 Å². The molecule has 2 heterocycles. The van der Waals surface area contributed by atoms with E-state index in [1.165, 1.54) is 0 Å². The van der Waals surface area contributed by atoms with Crippen molar-refractivity contribution in [3.8, 4) is 0 Å². The third kappa shape index (κ3) is 2.36. The minimum absolute atomic E-state index is 0. The van der Waals surface area contributed by atoms with E-state index < -0.39 is 0 Å². The fourth-order valence-corrected chi connectivity index (χ4v) is 1.97. The molecule has 0 aromatic rings. The van der Waals surface area contributed by atoms with Crippen LogP contribution in [0.2, 0.25) is 0 Å². The van der Waals surface area contributed by atoms with Gasteiger partial charge in [0.1, 0.15) is 0 Å². The van der Waals surface area contributed by atoms with Crippen molar-refractivity contribution in [1.82, 2.24) is 15.5 Å². The zero-order chi connectivity index (χ0) is 9.26. The van der Waals surface area contributed by atoms with Crippen molar-refractivity contribution in [2.24, 2.45) is 0 Å². The highest BCUT2D eigenvalue weighted by Gasteiger charge is 2.32. The van der Waals surface area contributed by atoms with E-state index in [2.05, 4.69) is 10.6 Å². The van der Waals surface area contributed by atoms with Crippen LogP contribution in [0.3, 0.4) is 0 Å². The van der Waals surface area contributed by atoms with E-state index in [0.717, 1.165) is 13.1 Å². The third-order valence-corrected chi connectivity index (χ3v) is 2.69. The summed E-state index contributed by atoms with van der Waals surface area (Å²) < 4.78 is 0. The highest BCUT2D eigenvalue weighted by molar-refractivity contribution is 5.85. The summed E-state index contributed by atoms with van der Waals surface area (Å²) in [6.07, 6.45) is -0.328. The Morgan fingerprint density at radius 2 is 2.21 bits per heavy atom. The smallest absolute Gasteiger partial charge is 0.234 e. The van der Waals surface area contributed by atoms with Gasteiger partial charge in [-0.15, -0.1) is 12.4 Å². The minimum Gasteiger partial charge on any atom is -0.390 e. The highest BCUT2D eigenvalue weighted by Crippen LogP contribution is 2.09. The first-order valence-electron chi connectivity index (χ1n) is 4.67. The first kappa shape index (κ1) is 11.7. The molecule has 14 heavy (non-hydrogen) atoms. The molecule has 82 valence electrons. The molecule has 2 fully saturated rings. The van der Waals surface area contributed by atoms with Crippen LogP contribution in [0.1, 0.15) is 0 Å². The lowest BCUT2D eigenvalue weighted by Gasteiger charge is -2.32. The summed E-state index contributed by atoms with van der Waals surface area (Å²) in [6, 6.07) is 0.117. The van der Waals surface area contributed by atoms with Crippen molar-refractivity contribution >= 4 is 18.3 Å². The average Bonchev–Trinajstić information content (AvgIpc) is 2.51. The number of piperazine rings is 1. The second-order valence-electron chi connectivity index (χ2n) is 3.61. The van der Waals surface area contributed by atoms with Crippen LogP contribution in [0.5, 0.6) is 0 Å². The lowest BCUT2D eigenvalue weighted by molar-refractivity contribution is -0.125. The fraction of sp³-hybridized carbons (Fsp3) is 0.875. The molecule has 3 N–H and O–H groups in total. The topological polar surface area (TPSA) is 64.6 Å². The van der Waals surface area contributed by atoms with Crippen LogP contribution in [-0.2, 0) is 4.79 Å². The first-order valence-corrected chi connectivity index (χ1v) is 4.67. The summed E-state index contributed by atoms with van der Waals surface area (Å²) in [7, 11) is 0. The molecule has 0 bridgehead atoms. The zero-order valence-electron chi connectivity index (χ0n) is 7.90. The Morgan fingerprint density at radius 1 is 1.43 bits per heavy atom. The summed E-state index contributed by atoms with van der Waals surface area (Å²) in [6.45, 7) is 3.39. The molecule has 1 amide bonds. The number of nitrogens with one attached hydrogen (secondary N) is 2. The van der Waals surface area contributed by atoms with Crippen molar-refractivity contribution in [2.45, 2.75) is 12.1 Å². The molecule has 0 unspecified atom stereocenters. The van der Waals surface area contributed by atoms with E-state index in [0.29, 0.717) is 19.6 Å². The van der Waals surface area contributed by atoms with Gasteiger partial charge in [0.25, 0.3) is 0 Å². The maximum atomic E-state index is 11.1. The standard InChI is InChI=1S/C8H15N3O2.ClH/c12-7-4-9-3-6(7)11-2-1-10-8(13)5-11;/h6-7,9,12H,1-5H2,(H,10,13);1H/t6-,7-;/m1./s1. The number of rotatable bonds is 1. The summed E-state index contributed by atoms with van der Waals surface area (Å²) >= 11 is 0. The summed E-state index contributed by atoms with van der Waals surface area (Å²) in [5.74, 6) is 0.0605. The van der Waals surface area contributed by atoms with E-state index in [1.54, 1.807) is 0 Å². The highest BCUT2D eigenvalue weighted by atomic mass is 35.5. The molecule has 0 radical (unpaired) electrons. The molecule has 2 aliphatic rings. The maximum absolute atomic E-state index is 11.1. The van der Waals surface area contributed by atoms with Gasteiger partial charge < -0.3 is 15.7 Å². The SMILES string of the molecule is Cl.O=C1CN([C@@H]2CNC[C@H]2O)CCN1. The lowest BCUT2D eigenvalue weighted by atomic mass is 10.1. The second-order valence-corrected chi connectivity index (χ2v) is 3.61. The Balaban J connectivity index is 0.000000980. The van der Waals surface area contributed by atoms with Crippen LogP contribution in [0.25, 0.3) is 0 Å². The van der Waals surface area contributed by atoms with Crippen LogP contribution in [-0.4, -0.2) is 60.8 Å². The van der Waals surface area contributed by atoms with E-state index >= 15 is 0 Å². The second kappa shape index (κ2) is 4.93. The van der Waals surface area contributed by atoms with Gasteiger partial charge in [-0.1, -0.05) is 0 Å². The molecule has 5 nitrogen and oxygen atoms in total. The number of amides is 1. The monoisotopic (exact) mass is 221 g/mol. The van der Waals surface area contributed by atoms with Crippen LogP contribution in [0, 0.1) is 0 Å². The Kier molecular flexibility index (Phi) is 4.12. The zero-order valence-corrected chi connectivity index (χ0v) is 8.72. The molecule has 2 aliphatic heterocycles. The Bertz CT molecular complexity index is 215. The van der Waals surface area contributed by atoms with Gasteiger partial charge in [-0.2, -0.15) is 0 Å². The number of hydrogen-bond donors (Lipinski definition) is 3. The van der Waals surface area contributed by atoms with E-state index in [4.69, 9.17) is 0 Å². The lowest BCUT2D eigenvalue weighted by Crippen LogP contribution is -2.54. The van der Waals surface area contributed by atoms with Gasteiger partial charge in [0, 0.05) is 32.2 Å². The van der Waals surface area contributed by atoms with E-state index in [9.17, 15) is 9.90 Å². The Hall–Kier alpha value is -0.360. The number of carbonyl (C=O) groups is 1. The molecule has 2 saturated heterocycles. The normalized spacial score (nSPS) is 33.6. The molecule has 0 aliphatic carbocycles. The van der Waals surface area contributed by atoms with Crippen molar-refractivity contribution in [3.63, 3.8) is 0 Å². The largest absolute Gasteiger partial charge is 0.390 e. The number of aliphatic hydroxyl groups excluding tert-OH is 1. The van der Waals surface area contributed by atoms with Crippen molar-refractivity contribution in [3.05, 3.63) is 0 Å². The van der Waals surface area contributed by atoms with Crippen LogP contribution in [0.15, 0.2) is 0 Å². The van der Waals surface area contributed by atoms with Crippen molar-refractivity contribution < 1.29 is 9.90 Å². The molecule has 2 atom stereocenters. The van der Waals surface area contributed by atoms with Crippen molar-refractivity contribution in [2.75, 3.05) is 32.7 Å². The molecule has 6 heteroatoms. The summed E-state index contributed by atoms with van der Waals surface area (Å²) in [5.41, 5.74) is 0. The predicted octanol–water partition coefficient (Wildman–Crippen LogP) is -1.83. The summed E-state index contributed by atoms with van der Waals surface area (Å²) in [5, 5.41) is 15.5. The molecule has 2 rings (SSSR count). The molecule has 0 aromatic carbocycles. The molecule has 0 spiro atoms. The maximum Gasteiger partial charge on any atom is 0.234 e. The first-order chi connectivity index (χ1) is 6.27. The number of nitrogens with zero attached hydrogens (tertiary/aromatic N) is 1. The average molecular weight is 222 g/mol. The quantitative estimate of drug-likeness (QED) is 0.488. The molecule has 0 saturated carbocycles. The van der Waals surface area contributed by atoms with Gasteiger partial charge in [0.2, 0.25) is 5.91 Å².